The molecular formula is C19H17ClN2O5S. The van der Waals surface area contributed by atoms with Gasteiger partial charge in [0.2, 0.25) is 10.0 Å². The molecule has 0 radical (unpaired) electrons. The summed E-state index contributed by atoms with van der Waals surface area (Å²) in [5.74, 6) is -0.864. The molecule has 0 aromatic heterocycles. The van der Waals surface area contributed by atoms with Gasteiger partial charge < -0.3 is 10.1 Å². The summed E-state index contributed by atoms with van der Waals surface area (Å²) >= 11 is 5.86. The first-order valence-electron chi connectivity index (χ1n) is 8.76. The number of carbonyl (C=O) groups is 2. The molecule has 0 aliphatic carbocycles. The van der Waals surface area contributed by atoms with Gasteiger partial charge in [-0.05, 0) is 55.3 Å². The number of anilines is 1. The normalized spacial score (nSPS) is 19.5. The molecule has 2 aliphatic heterocycles. The largest absolute Gasteiger partial charge is 0.492 e. The average molecular weight is 421 g/mol. The molecule has 2 aromatic rings. The number of nitrogens with zero attached hydrogens (tertiary/aromatic N) is 1. The van der Waals surface area contributed by atoms with E-state index < -0.39 is 21.7 Å². The highest BCUT2D eigenvalue weighted by atomic mass is 35.5. The predicted octanol–water partition coefficient (Wildman–Crippen LogP) is 2.71. The van der Waals surface area contributed by atoms with Gasteiger partial charge >= 0.3 is 0 Å². The number of hydrogen-bond acceptors (Lipinski definition) is 5. The Morgan fingerprint density at radius 1 is 1.14 bits per heavy atom. The summed E-state index contributed by atoms with van der Waals surface area (Å²) in [6, 6.07) is 10.7. The van der Waals surface area contributed by atoms with Crippen LogP contribution in [-0.4, -0.2) is 43.6 Å². The second-order valence-electron chi connectivity index (χ2n) is 6.67. The highest BCUT2D eigenvalue weighted by Gasteiger charge is 2.37. The molecule has 1 fully saturated rings. The van der Waals surface area contributed by atoms with E-state index in [4.69, 9.17) is 16.3 Å². The summed E-state index contributed by atoms with van der Waals surface area (Å²) in [7, 11) is -3.82. The minimum atomic E-state index is -3.82. The molecule has 0 saturated carbocycles. The lowest BCUT2D eigenvalue weighted by Gasteiger charge is -2.24. The Bertz CT molecular complexity index is 1050. The van der Waals surface area contributed by atoms with Crippen molar-refractivity contribution in [2.24, 2.45) is 0 Å². The summed E-state index contributed by atoms with van der Waals surface area (Å²) in [6.45, 7) is 0.587. The van der Waals surface area contributed by atoms with E-state index in [-0.39, 0.29) is 23.1 Å². The van der Waals surface area contributed by atoms with Crippen LogP contribution < -0.4 is 10.1 Å². The molecule has 1 amide bonds. The molecule has 1 saturated heterocycles. The zero-order valence-electron chi connectivity index (χ0n) is 14.7. The highest BCUT2D eigenvalue weighted by molar-refractivity contribution is 7.89. The summed E-state index contributed by atoms with van der Waals surface area (Å²) < 4.78 is 33.4. The number of amides is 1. The zero-order valence-corrected chi connectivity index (χ0v) is 16.3. The summed E-state index contributed by atoms with van der Waals surface area (Å²) in [5, 5.41) is 3.01. The number of ketones is 1. The number of carbonyl (C=O) groups excluding carboxylic acids is 2. The van der Waals surface area contributed by atoms with E-state index in [0.717, 1.165) is 6.42 Å². The van der Waals surface area contributed by atoms with Crippen molar-refractivity contribution in [1.29, 1.82) is 0 Å². The Balaban J connectivity index is 1.54. The molecule has 28 heavy (non-hydrogen) atoms. The van der Waals surface area contributed by atoms with Crippen molar-refractivity contribution in [2.45, 2.75) is 23.8 Å². The topological polar surface area (TPSA) is 92.8 Å². The summed E-state index contributed by atoms with van der Waals surface area (Å²) in [6.07, 6.45) is 1.40. The van der Waals surface area contributed by atoms with E-state index in [2.05, 4.69) is 5.32 Å². The quantitative estimate of drug-likeness (QED) is 0.751. The van der Waals surface area contributed by atoms with Crippen LogP contribution in [-0.2, 0) is 14.8 Å². The molecule has 0 unspecified atom stereocenters. The maximum Gasteiger partial charge on any atom is 0.296 e. The van der Waals surface area contributed by atoms with Crippen LogP contribution in [0.5, 0.6) is 5.75 Å². The van der Waals surface area contributed by atoms with Gasteiger partial charge in [-0.25, -0.2) is 8.42 Å². The van der Waals surface area contributed by atoms with Gasteiger partial charge in [-0.1, -0.05) is 11.6 Å². The maximum atomic E-state index is 13.1. The van der Waals surface area contributed by atoms with Gasteiger partial charge in [0.15, 0.2) is 0 Å². The first-order valence-corrected chi connectivity index (χ1v) is 10.6. The molecule has 1 N–H and O–H groups in total. The highest BCUT2D eigenvalue weighted by Crippen LogP contribution is 2.31. The first kappa shape index (κ1) is 18.9. The van der Waals surface area contributed by atoms with Crippen molar-refractivity contribution in [3.8, 4) is 5.75 Å². The second-order valence-corrected chi connectivity index (χ2v) is 8.99. The second kappa shape index (κ2) is 7.20. The van der Waals surface area contributed by atoms with E-state index in [1.807, 2.05) is 0 Å². The van der Waals surface area contributed by atoms with Gasteiger partial charge in [-0.2, -0.15) is 4.31 Å². The average Bonchev–Trinajstić information content (AvgIpc) is 3.26. The standard InChI is InChI=1S/C19H17ClN2O5S/c20-12-3-5-14(6-4-12)27-11-13-2-1-9-22(13)28(25,26)15-7-8-17-16(10-15)18(23)19(24)21-17/h3-8,10,13H,1-2,9,11H2,(H,21,23,24)/t13-/m0/s1. The minimum absolute atomic E-state index is 0.00510. The van der Waals surface area contributed by atoms with Gasteiger partial charge in [0, 0.05) is 11.6 Å². The van der Waals surface area contributed by atoms with Crippen LogP contribution in [0.2, 0.25) is 5.02 Å². The first-order chi connectivity index (χ1) is 13.4. The smallest absolute Gasteiger partial charge is 0.296 e. The van der Waals surface area contributed by atoms with Gasteiger partial charge in [0.25, 0.3) is 11.7 Å². The number of halogens is 1. The fourth-order valence-corrected chi connectivity index (χ4v) is 5.26. The molecular weight excluding hydrogens is 404 g/mol. The van der Waals surface area contributed by atoms with E-state index >= 15 is 0 Å². The van der Waals surface area contributed by atoms with Gasteiger partial charge in [-0.3, -0.25) is 9.59 Å². The Morgan fingerprint density at radius 3 is 2.64 bits per heavy atom. The van der Waals surface area contributed by atoms with Crippen LogP contribution in [0.15, 0.2) is 47.4 Å². The van der Waals surface area contributed by atoms with Crippen LogP contribution in [0.3, 0.4) is 0 Å². The predicted molar refractivity (Wildman–Crippen MR) is 103 cm³/mol. The molecule has 2 heterocycles. The third-order valence-corrected chi connectivity index (χ3v) is 7.08. The van der Waals surface area contributed by atoms with Gasteiger partial charge in [0.1, 0.15) is 12.4 Å². The van der Waals surface area contributed by atoms with E-state index in [9.17, 15) is 18.0 Å². The van der Waals surface area contributed by atoms with Crippen molar-refractivity contribution < 1.29 is 22.7 Å². The zero-order chi connectivity index (χ0) is 19.9. The Kier molecular flexibility index (Phi) is 4.86. The lowest BCUT2D eigenvalue weighted by molar-refractivity contribution is -0.112. The number of ether oxygens (including phenoxy) is 1. The van der Waals surface area contributed by atoms with Crippen LogP contribution in [0.4, 0.5) is 5.69 Å². The molecule has 0 spiro atoms. The number of fused-ring (bicyclic) bond motifs is 1. The van der Waals surface area contributed by atoms with Gasteiger partial charge in [0.05, 0.1) is 22.2 Å². The van der Waals surface area contributed by atoms with Crippen LogP contribution in [0.1, 0.15) is 23.2 Å². The van der Waals surface area contributed by atoms with Gasteiger partial charge in [-0.15, -0.1) is 0 Å². The lowest BCUT2D eigenvalue weighted by atomic mass is 10.1. The Hall–Kier alpha value is -2.42. The molecule has 2 aliphatic rings. The monoisotopic (exact) mass is 420 g/mol. The van der Waals surface area contributed by atoms with Crippen LogP contribution in [0.25, 0.3) is 0 Å². The van der Waals surface area contributed by atoms with E-state index in [1.165, 1.54) is 22.5 Å². The van der Waals surface area contributed by atoms with Crippen molar-refractivity contribution in [1.82, 2.24) is 4.31 Å². The van der Waals surface area contributed by atoms with Crippen molar-refractivity contribution in [3.05, 3.63) is 53.1 Å². The molecule has 1 atom stereocenters. The number of Topliss-reactive ketones (excluding diaryl/α,β-unsaturated/α-hetero) is 1. The fraction of sp³-hybridized carbons (Fsp3) is 0.263. The molecule has 146 valence electrons. The maximum absolute atomic E-state index is 13.1. The minimum Gasteiger partial charge on any atom is -0.492 e. The van der Waals surface area contributed by atoms with Crippen LogP contribution >= 0.6 is 11.6 Å². The van der Waals surface area contributed by atoms with E-state index in [0.29, 0.717) is 29.4 Å². The SMILES string of the molecule is O=C1Nc2ccc(S(=O)(=O)N3CCC[C@H]3COc3ccc(Cl)cc3)cc2C1=O. The number of rotatable bonds is 5. The molecule has 4 rings (SSSR count). The van der Waals surface area contributed by atoms with Crippen molar-refractivity contribution in [2.75, 3.05) is 18.5 Å². The number of nitrogens with one attached hydrogen (secondary N) is 1. The lowest BCUT2D eigenvalue weighted by Crippen LogP contribution is -2.39. The fourth-order valence-electron chi connectivity index (χ4n) is 3.43. The molecule has 0 bridgehead atoms. The van der Waals surface area contributed by atoms with Crippen molar-refractivity contribution in [3.63, 3.8) is 0 Å². The summed E-state index contributed by atoms with van der Waals surface area (Å²) in [4.78, 5) is 23.4. The third kappa shape index (κ3) is 3.39. The van der Waals surface area contributed by atoms with Crippen LogP contribution in [0, 0.1) is 0 Å². The number of hydrogen-bond donors (Lipinski definition) is 1. The van der Waals surface area contributed by atoms with Crippen molar-refractivity contribution >= 4 is 39.0 Å². The number of sulfonamides is 1. The summed E-state index contributed by atoms with van der Waals surface area (Å²) in [5.41, 5.74) is 0.414. The molecule has 2 aromatic carbocycles. The number of benzene rings is 2. The van der Waals surface area contributed by atoms with E-state index in [1.54, 1.807) is 24.3 Å². The Labute approximate surface area is 167 Å². The molecule has 9 heteroatoms. The molecule has 7 nitrogen and oxygen atoms in total. The Morgan fingerprint density at radius 2 is 1.89 bits per heavy atom. The third-order valence-electron chi connectivity index (χ3n) is 4.88.